The van der Waals surface area contributed by atoms with Crippen LogP contribution in [0.3, 0.4) is 0 Å². The lowest BCUT2D eigenvalue weighted by Gasteiger charge is -2.37. The number of aryl methyl sites for hydroxylation is 1. The molecule has 2 amide bonds. The molecule has 6 nitrogen and oxygen atoms in total. The second-order valence-corrected chi connectivity index (χ2v) is 7.17. The van der Waals surface area contributed by atoms with Gasteiger partial charge in [0, 0.05) is 11.3 Å². The Kier molecular flexibility index (Phi) is 5.82. The molecule has 136 valence electrons. The van der Waals surface area contributed by atoms with Crippen LogP contribution in [0.5, 0.6) is 0 Å². The zero-order valence-electron chi connectivity index (χ0n) is 14.8. The van der Waals surface area contributed by atoms with Crippen molar-refractivity contribution in [1.82, 2.24) is 0 Å². The molecule has 1 saturated carbocycles. The molecule has 0 aliphatic heterocycles. The number of carboxylic acid groups (broad SMARTS) is 1. The predicted molar refractivity (Wildman–Crippen MR) is 95.3 cm³/mol. The van der Waals surface area contributed by atoms with Crippen LogP contribution in [0.25, 0.3) is 0 Å². The molecule has 2 rings (SSSR count). The first kappa shape index (κ1) is 19.0. The van der Waals surface area contributed by atoms with Gasteiger partial charge in [-0.1, -0.05) is 25.3 Å². The number of carbonyl (C=O) groups is 3. The SMILES string of the molecule is Cc1ccc(NC(=O)C(C)(CC(=O)O)C2CCCCC2)cc1C(N)=O. The summed E-state index contributed by atoms with van der Waals surface area (Å²) in [7, 11) is 0. The van der Waals surface area contributed by atoms with Crippen LogP contribution in [0.4, 0.5) is 5.69 Å². The first-order valence-corrected chi connectivity index (χ1v) is 8.67. The number of carbonyl (C=O) groups excluding carboxylic acids is 2. The molecule has 1 aromatic rings. The normalized spacial score (nSPS) is 17.5. The third kappa shape index (κ3) is 4.38. The number of anilines is 1. The molecule has 1 atom stereocenters. The number of hydrogen-bond donors (Lipinski definition) is 3. The zero-order valence-corrected chi connectivity index (χ0v) is 14.8. The Hall–Kier alpha value is -2.37. The molecule has 4 N–H and O–H groups in total. The smallest absolute Gasteiger partial charge is 0.304 e. The van der Waals surface area contributed by atoms with E-state index in [-0.39, 0.29) is 18.2 Å². The summed E-state index contributed by atoms with van der Waals surface area (Å²) in [6, 6.07) is 4.95. The molecule has 6 heteroatoms. The Balaban J connectivity index is 2.26. The van der Waals surface area contributed by atoms with Crippen molar-refractivity contribution in [3.05, 3.63) is 29.3 Å². The maximum atomic E-state index is 12.9. The average molecular weight is 346 g/mol. The first-order valence-electron chi connectivity index (χ1n) is 8.67. The highest BCUT2D eigenvalue weighted by Crippen LogP contribution is 2.42. The monoisotopic (exact) mass is 346 g/mol. The number of carboxylic acids is 1. The van der Waals surface area contributed by atoms with Crippen molar-refractivity contribution in [1.29, 1.82) is 0 Å². The van der Waals surface area contributed by atoms with Gasteiger partial charge in [-0.2, -0.15) is 0 Å². The molecule has 0 spiro atoms. The van der Waals surface area contributed by atoms with Gasteiger partial charge in [0.05, 0.1) is 11.8 Å². The molecule has 0 heterocycles. The van der Waals surface area contributed by atoms with Crippen molar-refractivity contribution in [2.75, 3.05) is 5.32 Å². The second kappa shape index (κ2) is 7.68. The number of nitrogens with one attached hydrogen (secondary N) is 1. The molecule has 0 saturated heterocycles. The third-order valence-electron chi connectivity index (χ3n) is 5.30. The molecular formula is C19H26N2O4. The van der Waals surface area contributed by atoms with Gasteiger partial charge in [0.25, 0.3) is 0 Å². The van der Waals surface area contributed by atoms with Crippen LogP contribution in [-0.2, 0) is 9.59 Å². The highest BCUT2D eigenvalue weighted by Gasteiger charge is 2.43. The van der Waals surface area contributed by atoms with E-state index in [9.17, 15) is 19.5 Å². The summed E-state index contributed by atoms with van der Waals surface area (Å²) in [4.78, 5) is 35.8. The lowest BCUT2D eigenvalue weighted by atomic mass is 9.67. The van der Waals surface area contributed by atoms with E-state index in [1.54, 1.807) is 26.0 Å². The summed E-state index contributed by atoms with van der Waals surface area (Å²) >= 11 is 0. The number of amides is 2. The van der Waals surface area contributed by atoms with Gasteiger partial charge in [-0.05, 0) is 50.3 Å². The molecule has 1 aliphatic rings. The van der Waals surface area contributed by atoms with Gasteiger partial charge in [-0.3, -0.25) is 14.4 Å². The largest absolute Gasteiger partial charge is 0.481 e. The molecule has 1 aliphatic carbocycles. The summed E-state index contributed by atoms with van der Waals surface area (Å²) < 4.78 is 0. The Labute approximate surface area is 147 Å². The summed E-state index contributed by atoms with van der Waals surface area (Å²) in [5.74, 6) is -1.82. The lowest BCUT2D eigenvalue weighted by molar-refractivity contribution is -0.145. The molecule has 0 aromatic heterocycles. The summed E-state index contributed by atoms with van der Waals surface area (Å²) in [6.45, 7) is 3.50. The molecular weight excluding hydrogens is 320 g/mol. The number of aliphatic carboxylic acids is 1. The molecule has 0 bridgehead atoms. The molecule has 1 aromatic carbocycles. The van der Waals surface area contributed by atoms with E-state index in [0.717, 1.165) is 37.7 Å². The van der Waals surface area contributed by atoms with Crippen LogP contribution >= 0.6 is 0 Å². The Morgan fingerprint density at radius 3 is 2.44 bits per heavy atom. The van der Waals surface area contributed by atoms with Crippen molar-refractivity contribution in [3.8, 4) is 0 Å². The van der Waals surface area contributed by atoms with Crippen molar-refractivity contribution < 1.29 is 19.5 Å². The standard InChI is InChI=1S/C19H26N2O4/c1-12-8-9-14(10-15(12)17(20)24)21-18(25)19(2,11-16(22)23)13-6-4-3-5-7-13/h8-10,13H,3-7,11H2,1-2H3,(H2,20,24)(H,21,25)(H,22,23). The van der Waals surface area contributed by atoms with E-state index in [4.69, 9.17) is 5.73 Å². The molecule has 1 unspecified atom stereocenters. The highest BCUT2D eigenvalue weighted by atomic mass is 16.4. The summed E-state index contributed by atoms with van der Waals surface area (Å²) in [5.41, 5.74) is 5.90. The van der Waals surface area contributed by atoms with Crippen LogP contribution in [0, 0.1) is 18.3 Å². The summed E-state index contributed by atoms with van der Waals surface area (Å²) in [6.07, 6.45) is 4.67. The van der Waals surface area contributed by atoms with Crippen molar-refractivity contribution in [2.45, 2.75) is 52.4 Å². The van der Waals surface area contributed by atoms with Crippen LogP contribution in [-0.4, -0.2) is 22.9 Å². The van der Waals surface area contributed by atoms with Crippen molar-refractivity contribution in [2.24, 2.45) is 17.1 Å². The van der Waals surface area contributed by atoms with E-state index in [2.05, 4.69) is 5.32 Å². The second-order valence-electron chi connectivity index (χ2n) is 7.17. The minimum atomic E-state index is -0.982. The Bertz CT molecular complexity index is 680. The van der Waals surface area contributed by atoms with Gasteiger partial charge >= 0.3 is 5.97 Å². The minimum absolute atomic E-state index is 0.0402. The quantitative estimate of drug-likeness (QED) is 0.735. The average Bonchev–Trinajstić information content (AvgIpc) is 2.56. The van der Waals surface area contributed by atoms with E-state index in [1.807, 2.05) is 0 Å². The van der Waals surface area contributed by atoms with Gasteiger partial charge < -0.3 is 16.2 Å². The van der Waals surface area contributed by atoms with E-state index < -0.39 is 17.3 Å². The molecule has 25 heavy (non-hydrogen) atoms. The maximum Gasteiger partial charge on any atom is 0.304 e. The lowest BCUT2D eigenvalue weighted by Crippen LogP contribution is -2.42. The van der Waals surface area contributed by atoms with Crippen LogP contribution in [0.15, 0.2) is 18.2 Å². The van der Waals surface area contributed by atoms with E-state index in [0.29, 0.717) is 11.3 Å². The minimum Gasteiger partial charge on any atom is -0.481 e. The molecule has 0 radical (unpaired) electrons. The van der Waals surface area contributed by atoms with Gasteiger partial charge in [0.1, 0.15) is 0 Å². The number of hydrogen-bond acceptors (Lipinski definition) is 3. The number of nitrogens with two attached hydrogens (primary N) is 1. The zero-order chi connectivity index (χ0) is 18.6. The maximum absolute atomic E-state index is 12.9. The van der Waals surface area contributed by atoms with Crippen LogP contribution < -0.4 is 11.1 Å². The summed E-state index contributed by atoms with van der Waals surface area (Å²) in [5, 5.41) is 12.1. The van der Waals surface area contributed by atoms with E-state index in [1.165, 1.54) is 6.07 Å². The highest BCUT2D eigenvalue weighted by molar-refractivity contribution is 6.00. The van der Waals surface area contributed by atoms with E-state index >= 15 is 0 Å². The third-order valence-corrected chi connectivity index (χ3v) is 5.30. The fourth-order valence-electron chi connectivity index (χ4n) is 3.70. The fraction of sp³-hybridized carbons (Fsp3) is 0.526. The number of rotatable bonds is 6. The van der Waals surface area contributed by atoms with Crippen LogP contribution in [0.1, 0.15) is 61.4 Å². The van der Waals surface area contributed by atoms with Gasteiger partial charge in [-0.25, -0.2) is 0 Å². The van der Waals surface area contributed by atoms with Gasteiger partial charge in [-0.15, -0.1) is 0 Å². The van der Waals surface area contributed by atoms with Gasteiger partial charge in [0.2, 0.25) is 11.8 Å². The Morgan fingerprint density at radius 2 is 1.88 bits per heavy atom. The van der Waals surface area contributed by atoms with Crippen molar-refractivity contribution >= 4 is 23.5 Å². The fourth-order valence-corrected chi connectivity index (χ4v) is 3.70. The number of primary amides is 1. The Morgan fingerprint density at radius 1 is 1.24 bits per heavy atom. The molecule has 1 fully saturated rings. The number of benzene rings is 1. The van der Waals surface area contributed by atoms with Crippen LogP contribution in [0.2, 0.25) is 0 Å². The van der Waals surface area contributed by atoms with Gasteiger partial charge in [0.15, 0.2) is 0 Å². The topological polar surface area (TPSA) is 109 Å². The first-order chi connectivity index (χ1) is 11.7. The van der Waals surface area contributed by atoms with Crippen molar-refractivity contribution in [3.63, 3.8) is 0 Å². The predicted octanol–water partition coefficient (Wildman–Crippen LogP) is 3.09.